The minimum Gasteiger partial charge on any atom is -0.366 e. The van der Waals surface area contributed by atoms with E-state index in [0.29, 0.717) is 5.52 Å². The van der Waals surface area contributed by atoms with Gasteiger partial charge in [0.25, 0.3) is 5.91 Å². The van der Waals surface area contributed by atoms with Crippen molar-refractivity contribution in [3.63, 3.8) is 0 Å². The summed E-state index contributed by atoms with van der Waals surface area (Å²) in [6, 6.07) is 10.7. The number of carbonyl (C=O) groups is 1. The first kappa shape index (κ1) is 18.1. The summed E-state index contributed by atoms with van der Waals surface area (Å²) >= 11 is 6.05. The highest BCUT2D eigenvalue weighted by Gasteiger charge is 2.40. The third kappa shape index (κ3) is 2.89. The minimum atomic E-state index is -4.74. The number of primary amides is 1. The molecule has 0 unspecified atom stereocenters. The van der Waals surface area contributed by atoms with Gasteiger partial charge >= 0.3 is 6.18 Å². The molecule has 142 valence electrons. The van der Waals surface area contributed by atoms with Crippen molar-refractivity contribution in [2.45, 2.75) is 6.18 Å². The van der Waals surface area contributed by atoms with E-state index in [4.69, 9.17) is 17.3 Å². The summed E-state index contributed by atoms with van der Waals surface area (Å²) in [4.78, 5) is 18.5. The van der Waals surface area contributed by atoms with Crippen molar-refractivity contribution in [1.29, 1.82) is 0 Å². The summed E-state index contributed by atoms with van der Waals surface area (Å²) in [5.41, 5.74) is 4.75. The Hall–Kier alpha value is -3.33. The first-order valence-electron chi connectivity index (χ1n) is 7.96. The number of fused-ring (bicyclic) bond motifs is 1. The predicted octanol–water partition coefficient (Wildman–Crippen LogP) is 4.19. The normalized spacial score (nSPS) is 11.9. The summed E-state index contributed by atoms with van der Waals surface area (Å²) < 4.78 is 42.4. The maximum absolute atomic E-state index is 13.9. The number of rotatable bonds is 3. The third-order valence-corrected chi connectivity index (χ3v) is 4.47. The van der Waals surface area contributed by atoms with Crippen LogP contribution in [0.2, 0.25) is 5.02 Å². The highest BCUT2D eigenvalue weighted by molar-refractivity contribution is 6.32. The van der Waals surface area contributed by atoms with Crippen LogP contribution in [-0.4, -0.2) is 25.7 Å². The Morgan fingerprint density at radius 1 is 1.14 bits per heavy atom. The Bertz CT molecular complexity index is 1210. The molecule has 6 nitrogen and oxygen atoms in total. The molecule has 0 aliphatic heterocycles. The number of aromatic nitrogens is 4. The lowest BCUT2D eigenvalue weighted by Crippen LogP contribution is -2.15. The lowest BCUT2D eigenvalue weighted by Gasteiger charge is -2.13. The summed E-state index contributed by atoms with van der Waals surface area (Å²) in [7, 11) is 0. The van der Waals surface area contributed by atoms with Crippen LogP contribution in [-0.2, 0) is 6.18 Å². The lowest BCUT2D eigenvalue weighted by molar-refractivity contribution is -0.142. The number of nitrogens with zero attached hydrogens (tertiary/aromatic N) is 3. The number of hydrogen-bond donors (Lipinski definition) is 2. The van der Waals surface area contributed by atoms with E-state index >= 15 is 0 Å². The second kappa shape index (κ2) is 6.38. The number of amides is 1. The topological polar surface area (TPSA) is 89.6 Å². The molecule has 0 radical (unpaired) electrons. The Balaban J connectivity index is 1.97. The smallest absolute Gasteiger partial charge is 0.366 e. The zero-order chi connectivity index (χ0) is 20.1. The van der Waals surface area contributed by atoms with Gasteiger partial charge < -0.3 is 10.7 Å². The fourth-order valence-electron chi connectivity index (χ4n) is 2.96. The average Bonchev–Trinajstić information content (AvgIpc) is 3.25. The van der Waals surface area contributed by atoms with Crippen LogP contribution in [0.25, 0.3) is 28.1 Å². The van der Waals surface area contributed by atoms with E-state index in [0.717, 1.165) is 10.9 Å². The van der Waals surface area contributed by atoms with Gasteiger partial charge in [-0.25, -0.2) is 9.67 Å². The number of carbonyl (C=O) groups excluding carboxylic acids is 1. The second-order valence-electron chi connectivity index (χ2n) is 5.92. The molecule has 0 bridgehead atoms. The molecule has 2 heterocycles. The van der Waals surface area contributed by atoms with Gasteiger partial charge in [0.15, 0.2) is 5.69 Å². The van der Waals surface area contributed by atoms with Gasteiger partial charge in [-0.1, -0.05) is 29.8 Å². The molecule has 0 aliphatic carbocycles. The zero-order valence-electron chi connectivity index (χ0n) is 14.0. The number of benzene rings is 2. The number of nitrogens with two attached hydrogens (primary N) is 1. The lowest BCUT2D eigenvalue weighted by atomic mass is 10.2. The summed E-state index contributed by atoms with van der Waals surface area (Å²) in [6.45, 7) is 0. The number of nitrogens with one attached hydrogen (secondary N) is 1. The van der Waals surface area contributed by atoms with Crippen LogP contribution in [0.15, 0.2) is 48.7 Å². The molecule has 28 heavy (non-hydrogen) atoms. The summed E-state index contributed by atoms with van der Waals surface area (Å²) in [5, 5.41) is 3.99. The standard InChI is InChI=1S/C18H11ClF3N5O/c19-11-5-1-2-7-13(11)27-15(18(20,21)22)10(8-24-27)17-25-12-6-3-4-9(16(23)28)14(12)26-17/h1-8H,(H2,23,28)(H,25,26). The maximum atomic E-state index is 13.9. The molecule has 4 aromatic rings. The van der Waals surface area contributed by atoms with Crippen molar-refractivity contribution in [2.24, 2.45) is 5.73 Å². The first-order valence-corrected chi connectivity index (χ1v) is 8.34. The van der Waals surface area contributed by atoms with E-state index in [1.807, 2.05) is 0 Å². The minimum absolute atomic E-state index is 0.0803. The molecule has 0 fully saturated rings. The Morgan fingerprint density at radius 3 is 2.57 bits per heavy atom. The molecule has 1 amide bonds. The SMILES string of the molecule is NC(=O)c1cccc2[nH]c(-c3cnn(-c4ccccc4Cl)c3C(F)(F)F)nc12. The van der Waals surface area contributed by atoms with Crippen molar-refractivity contribution in [2.75, 3.05) is 0 Å². The van der Waals surface area contributed by atoms with Crippen LogP contribution in [0.5, 0.6) is 0 Å². The first-order chi connectivity index (χ1) is 13.3. The van der Waals surface area contributed by atoms with Gasteiger partial charge in [0.1, 0.15) is 11.3 Å². The van der Waals surface area contributed by atoms with Crippen molar-refractivity contribution in [3.8, 4) is 17.1 Å². The monoisotopic (exact) mass is 405 g/mol. The van der Waals surface area contributed by atoms with Crippen molar-refractivity contribution >= 4 is 28.5 Å². The van der Waals surface area contributed by atoms with E-state index in [1.165, 1.54) is 18.2 Å². The van der Waals surface area contributed by atoms with E-state index < -0.39 is 17.8 Å². The largest absolute Gasteiger partial charge is 0.434 e. The number of para-hydroxylation sites is 2. The molecule has 0 aliphatic rings. The molecule has 0 atom stereocenters. The molecular weight excluding hydrogens is 395 g/mol. The quantitative estimate of drug-likeness (QED) is 0.535. The molecule has 10 heteroatoms. The fourth-order valence-corrected chi connectivity index (χ4v) is 3.17. The van der Waals surface area contributed by atoms with Gasteiger partial charge in [-0.3, -0.25) is 4.79 Å². The fraction of sp³-hybridized carbons (Fsp3) is 0.0556. The summed E-state index contributed by atoms with van der Waals surface area (Å²) in [5.74, 6) is -0.819. The molecule has 0 saturated carbocycles. The van der Waals surface area contributed by atoms with Crippen molar-refractivity contribution in [1.82, 2.24) is 19.7 Å². The van der Waals surface area contributed by atoms with E-state index in [9.17, 15) is 18.0 Å². The zero-order valence-corrected chi connectivity index (χ0v) is 14.7. The van der Waals surface area contributed by atoms with Gasteiger partial charge in [0.2, 0.25) is 0 Å². The van der Waals surface area contributed by atoms with Crippen LogP contribution in [0, 0.1) is 0 Å². The van der Waals surface area contributed by atoms with Crippen molar-refractivity contribution in [3.05, 3.63) is 64.9 Å². The average molecular weight is 406 g/mol. The molecule has 4 rings (SSSR count). The molecule has 0 saturated heterocycles. The van der Waals surface area contributed by atoms with Gasteiger partial charge in [-0.05, 0) is 24.3 Å². The molecule has 2 aromatic carbocycles. The van der Waals surface area contributed by atoms with Gasteiger partial charge in [-0.2, -0.15) is 18.3 Å². The molecular formula is C18H11ClF3N5O. The summed E-state index contributed by atoms with van der Waals surface area (Å²) in [6.07, 6.45) is -3.69. The third-order valence-electron chi connectivity index (χ3n) is 4.15. The van der Waals surface area contributed by atoms with Crippen LogP contribution in [0.4, 0.5) is 13.2 Å². The van der Waals surface area contributed by atoms with Crippen LogP contribution in [0.3, 0.4) is 0 Å². The highest BCUT2D eigenvalue weighted by atomic mass is 35.5. The van der Waals surface area contributed by atoms with Crippen LogP contribution in [0.1, 0.15) is 16.1 Å². The molecule has 0 spiro atoms. The second-order valence-corrected chi connectivity index (χ2v) is 6.33. The molecule has 3 N–H and O–H groups in total. The number of H-pyrrole nitrogens is 1. The maximum Gasteiger partial charge on any atom is 0.434 e. The Kier molecular flexibility index (Phi) is 4.11. The van der Waals surface area contributed by atoms with E-state index in [2.05, 4.69) is 15.1 Å². The van der Waals surface area contributed by atoms with E-state index in [1.54, 1.807) is 24.3 Å². The highest BCUT2D eigenvalue weighted by Crippen LogP contribution is 2.39. The predicted molar refractivity (Wildman–Crippen MR) is 97.2 cm³/mol. The van der Waals surface area contributed by atoms with Gasteiger partial charge in [0, 0.05) is 0 Å². The number of hydrogen-bond acceptors (Lipinski definition) is 3. The number of halogens is 4. The number of aromatic amines is 1. The Labute approximate surface area is 160 Å². The Morgan fingerprint density at radius 2 is 1.89 bits per heavy atom. The molecule has 2 aromatic heterocycles. The number of imidazole rings is 1. The number of alkyl halides is 3. The van der Waals surface area contributed by atoms with Crippen LogP contribution < -0.4 is 5.73 Å². The van der Waals surface area contributed by atoms with Crippen LogP contribution >= 0.6 is 11.6 Å². The van der Waals surface area contributed by atoms with Crippen molar-refractivity contribution < 1.29 is 18.0 Å². The van der Waals surface area contributed by atoms with E-state index in [-0.39, 0.29) is 33.2 Å². The van der Waals surface area contributed by atoms with Gasteiger partial charge in [0.05, 0.1) is 33.6 Å². The van der Waals surface area contributed by atoms with Gasteiger partial charge in [-0.15, -0.1) is 0 Å².